The topological polar surface area (TPSA) is 104 Å². The summed E-state index contributed by atoms with van der Waals surface area (Å²) in [6.07, 6.45) is 43.0. The fourth-order valence-corrected chi connectivity index (χ4v) is 4.89. The van der Waals surface area contributed by atoms with Gasteiger partial charge in [-0.25, -0.2) is 0 Å². The molecular formula is C36H59NO5S. The SMILES string of the molecule is CC/C=C\C/C=C\C/C=C\C/C=C\C/C=C\C/C=C\CCCCC(=O)NC(CS(=O)(=O)O)C(O)/C=C/CCCCCCC. The van der Waals surface area contributed by atoms with Crippen molar-refractivity contribution in [2.75, 3.05) is 5.75 Å². The molecule has 0 aliphatic rings. The zero-order valence-electron chi connectivity index (χ0n) is 26.8. The van der Waals surface area contributed by atoms with Gasteiger partial charge in [0.1, 0.15) is 0 Å². The molecule has 43 heavy (non-hydrogen) atoms. The first-order valence-corrected chi connectivity index (χ1v) is 17.9. The number of carbonyl (C=O) groups is 1. The molecule has 0 aliphatic heterocycles. The highest BCUT2D eigenvalue weighted by atomic mass is 32.2. The van der Waals surface area contributed by atoms with Crippen LogP contribution in [0.2, 0.25) is 0 Å². The molecule has 0 aromatic rings. The van der Waals surface area contributed by atoms with Gasteiger partial charge >= 0.3 is 0 Å². The van der Waals surface area contributed by atoms with E-state index in [1.54, 1.807) is 0 Å². The number of hydrogen-bond donors (Lipinski definition) is 3. The normalized spacial score (nSPS) is 14.6. The van der Waals surface area contributed by atoms with E-state index in [1.165, 1.54) is 25.3 Å². The Morgan fingerprint density at radius 1 is 0.651 bits per heavy atom. The Kier molecular flexibility index (Phi) is 27.9. The molecule has 2 atom stereocenters. The molecule has 7 heteroatoms. The van der Waals surface area contributed by atoms with Crippen LogP contribution in [0, 0.1) is 0 Å². The standard InChI is InChI=1S/C36H59NO5S/c1-3-5-7-9-11-12-13-14-15-16-17-18-19-20-21-22-23-24-26-28-30-32-36(39)37-34(33-43(40,41)42)35(38)31-29-27-25-10-8-6-4-2/h5,7,11-12,14-15,17-18,20-21,23-24,29,31,34-35,38H,3-4,6,8-10,13,16,19,22,25-28,30,32-33H2,1-2H3,(H,37,39)(H,40,41,42)/b7-5-,12-11-,15-14-,18-17-,21-20-,24-23-,31-29+. The molecule has 3 N–H and O–H groups in total. The summed E-state index contributed by atoms with van der Waals surface area (Å²) in [5, 5.41) is 13.0. The van der Waals surface area contributed by atoms with Gasteiger partial charge in [-0.1, -0.05) is 125 Å². The van der Waals surface area contributed by atoms with Crippen molar-refractivity contribution in [3.8, 4) is 0 Å². The molecule has 0 heterocycles. The molecular weight excluding hydrogens is 558 g/mol. The van der Waals surface area contributed by atoms with E-state index in [1.807, 2.05) is 6.08 Å². The maximum Gasteiger partial charge on any atom is 0.267 e. The molecule has 0 fully saturated rings. The molecule has 0 saturated heterocycles. The fourth-order valence-electron chi connectivity index (χ4n) is 4.15. The zero-order valence-corrected chi connectivity index (χ0v) is 27.6. The molecule has 0 spiro atoms. The summed E-state index contributed by atoms with van der Waals surface area (Å²) in [5.74, 6) is -1.05. The Morgan fingerprint density at radius 2 is 1.12 bits per heavy atom. The van der Waals surface area contributed by atoms with Gasteiger partial charge in [0.05, 0.1) is 17.9 Å². The molecule has 6 nitrogen and oxygen atoms in total. The smallest absolute Gasteiger partial charge is 0.267 e. The molecule has 0 rings (SSSR count). The second kappa shape index (κ2) is 29.6. The Hall–Kier alpha value is -2.48. The number of amides is 1. The Labute approximate surface area is 263 Å². The summed E-state index contributed by atoms with van der Waals surface area (Å²) in [5.41, 5.74) is 0. The summed E-state index contributed by atoms with van der Waals surface area (Å²) in [6, 6.07) is -1.08. The molecule has 0 aliphatic carbocycles. The molecule has 0 saturated carbocycles. The first-order valence-electron chi connectivity index (χ1n) is 16.3. The van der Waals surface area contributed by atoms with E-state index in [-0.39, 0.29) is 12.3 Å². The summed E-state index contributed by atoms with van der Waals surface area (Å²) < 4.78 is 32.1. The Balaban J connectivity index is 4.10. The van der Waals surface area contributed by atoms with Crippen molar-refractivity contribution >= 4 is 16.0 Å². The Bertz CT molecular complexity index is 989. The minimum atomic E-state index is -4.35. The molecule has 0 aromatic carbocycles. The quantitative estimate of drug-likeness (QED) is 0.0485. The van der Waals surface area contributed by atoms with E-state index in [0.29, 0.717) is 6.42 Å². The van der Waals surface area contributed by atoms with Gasteiger partial charge in [0.2, 0.25) is 5.91 Å². The number of rotatable bonds is 27. The van der Waals surface area contributed by atoms with Gasteiger partial charge < -0.3 is 10.4 Å². The van der Waals surface area contributed by atoms with E-state index >= 15 is 0 Å². The van der Waals surface area contributed by atoms with Crippen LogP contribution in [0.4, 0.5) is 0 Å². The van der Waals surface area contributed by atoms with Crippen molar-refractivity contribution in [2.45, 2.75) is 129 Å². The van der Waals surface area contributed by atoms with Crippen molar-refractivity contribution in [3.63, 3.8) is 0 Å². The highest BCUT2D eigenvalue weighted by molar-refractivity contribution is 7.85. The number of hydrogen-bond acceptors (Lipinski definition) is 4. The summed E-state index contributed by atoms with van der Waals surface area (Å²) in [7, 11) is -4.35. The number of aliphatic hydroxyl groups is 1. The van der Waals surface area contributed by atoms with Crippen LogP contribution in [0.25, 0.3) is 0 Å². The van der Waals surface area contributed by atoms with Crippen molar-refractivity contribution in [2.24, 2.45) is 0 Å². The van der Waals surface area contributed by atoms with Crippen molar-refractivity contribution in [1.29, 1.82) is 0 Å². The van der Waals surface area contributed by atoms with Gasteiger partial charge in [-0.15, -0.1) is 0 Å². The minimum absolute atomic E-state index is 0.235. The van der Waals surface area contributed by atoms with Crippen LogP contribution in [0.5, 0.6) is 0 Å². The monoisotopic (exact) mass is 617 g/mol. The largest absolute Gasteiger partial charge is 0.387 e. The van der Waals surface area contributed by atoms with Crippen LogP contribution in [0.15, 0.2) is 85.1 Å². The third kappa shape index (κ3) is 30.8. The van der Waals surface area contributed by atoms with Gasteiger partial charge in [-0.05, 0) is 70.6 Å². The number of aliphatic hydroxyl groups excluding tert-OH is 1. The highest BCUT2D eigenvalue weighted by Crippen LogP contribution is 2.08. The van der Waals surface area contributed by atoms with Gasteiger partial charge in [-0.2, -0.15) is 8.42 Å². The van der Waals surface area contributed by atoms with Crippen LogP contribution in [-0.2, 0) is 14.9 Å². The third-order valence-electron chi connectivity index (χ3n) is 6.58. The molecule has 0 aromatic heterocycles. The number of nitrogens with one attached hydrogen (secondary N) is 1. The predicted octanol–water partition coefficient (Wildman–Crippen LogP) is 8.89. The number of allylic oxidation sites excluding steroid dienone is 13. The van der Waals surface area contributed by atoms with E-state index < -0.39 is 28.0 Å². The van der Waals surface area contributed by atoms with Crippen molar-refractivity contribution in [1.82, 2.24) is 5.32 Å². The lowest BCUT2D eigenvalue weighted by Gasteiger charge is -2.21. The van der Waals surface area contributed by atoms with Gasteiger partial charge in [0.15, 0.2) is 0 Å². The van der Waals surface area contributed by atoms with Crippen LogP contribution >= 0.6 is 0 Å². The third-order valence-corrected chi connectivity index (χ3v) is 7.36. The first kappa shape index (κ1) is 40.5. The first-order chi connectivity index (χ1) is 20.8. The molecule has 0 bridgehead atoms. The van der Waals surface area contributed by atoms with Crippen molar-refractivity contribution in [3.05, 3.63) is 85.1 Å². The molecule has 2 unspecified atom stereocenters. The Morgan fingerprint density at radius 3 is 1.63 bits per heavy atom. The van der Waals surface area contributed by atoms with E-state index in [4.69, 9.17) is 0 Å². The predicted molar refractivity (Wildman–Crippen MR) is 184 cm³/mol. The lowest BCUT2D eigenvalue weighted by atomic mass is 10.1. The highest BCUT2D eigenvalue weighted by Gasteiger charge is 2.24. The second-order valence-corrected chi connectivity index (χ2v) is 12.2. The van der Waals surface area contributed by atoms with Gasteiger partial charge in [0.25, 0.3) is 10.1 Å². The van der Waals surface area contributed by atoms with Crippen LogP contribution < -0.4 is 5.32 Å². The van der Waals surface area contributed by atoms with Gasteiger partial charge in [0, 0.05) is 6.42 Å². The summed E-state index contributed by atoms with van der Waals surface area (Å²) in [6.45, 7) is 4.30. The maximum absolute atomic E-state index is 12.4. The fraction of sp³-hybridized carbons (Fsp3) is 0.583. The van der Waals surface area contributed by atoms with Crippen LogP contribution in [0.1, 0.15) is 117 Å². The van der Waals surface area contributed by atoms with E-state index in [9.17, 15) is 22.9 Å². The van der Waals surface area contributed by atoms with E-state index in [0.717, 1.165) is 70.6 Å². The average Bonchev–Trinajstić information content (AvgIpc) is 2.96. The molecule has 0 radical (unpaired) electrons. The summed E-state index contributed by atoms with van der Waals surface area (Å²) >= 11 is 0. The molecule has 244 valence electrons. The van der Waals surface area contributed by atoms with Crippen LogP contribution in [-0.4, -0.2) is 41.9 Å². The maximum atomic E-state index is 12.4. The molecule has 1 amide bonds. The van der Waals surface area contributed by atoms with E-state index in [2.05, 4.69) is 92.1 Å². The number of unbranched alkanes of at least 4 members (excludes halogenated alkanes) is 7. The zero-order chi connectivity index (χ0) is 31.9. The van der Waals surface area contributed by atoms with Crippen molar-refractivity contribution < 1.29 is 22.9 Å². The minimum Gasteiger partial charge on any atom is -0.387 e. The summed E-state index contributed by atoms with van der Waals surface area (Å²) in [4.78, 5) is 12.4. The van der Waals surface area contributed by atoms with Crippen LogP contribution in [0.3, 0.4) is 0 Å². The number of carbonyl (C=O) groups excluding carboxylic acids is 1. The van der Waals surface area contributed by atoms with Gasteiger partial charge in [-0.3, -0.25) is 9.35 Å². The lowest BCUT2D eigenvalue weighted by Crippen LogP contribution is -2.46. The second-order valence-electron chi connectivity index (χ2n) is 10.7. The average molecular weight is 618 g/mol. The lowest BCUT2D eigenvalue weighted by molar-refractivity contribution is -0.122.